The van der Waals surface area contributed by atoms with E-state index in [2.05, 4.69) is 29.2 Å². The summed E-state index contributed by atoms with van der Waals surface area (Å²) < 4.78 is 24.1. The third kappa shape index (κ3) is 2.86. The van der Waals surface area contributed by atoms with Gasteiger partial charge in [0.15, 0.2) is 9.84 Å². The van der Waals surface area contributed by atoms with Crippen molar-refractivity contribution in [3.63, 3.8) is 0 Å². The molecule has 2 heterocycles. The van der Waals surface area contributed by atoms with Crippen LogP contribution in [0.5, 0.6) is 0 Å². The minimum Gasteiger partial charge on any atom is -0.336 e. The van der Waals surface area contributed by atoms with Crippen molar-refractivity contribution in [3.8, 4) is 0 Å². The smallest absolute Gasteiger partial charge is 0.223 e. The number of fused-ring (bicyclic) bond motifs is 2. The summed E-state index contributed by atoms with van der Waals surface area (Å²) >= 11 is 0. The Hall–Kier alpha value is -1.40. The molecule has 1 aromatic carbocycles. The van der Waals surface area contributed by atoms with E-state index in [1.807, 2.05) is 11.9 Å². The van der Waals surface area contributed by atoms with Gasteiger partial charge >= 0.3 is 0 Å². The number of piperazine rings is 1. The first-order valence-corrected chi connectivity index (χ1v) is 10.5. The van der Waals surface area contributed by atoms with Crippen LogP contribution in [0.3, 0.4) is 0 Å². The van der Waals surface area contributed by atoms with Crippen LogP contribution in [0, 0.1) is 5.92 Å². The van der Waals surface area contributed by atoms with Crippen molar-refractivity contribution in [2.75, 3.05) is 31.6 Å². The lowest BCUT2D eigenvalue weighted by Gasteiger charge is -2.42. The fourth-order valence-electron chi connectivity index (χ4n) is 4.59. The quantitative estimate of drug-likeness (QED) is 0.791. The van der Waals surface area contributed by atoms with Crippen molar-refractivity contribution in [3.05, 3.63) is 35.4 Å². The molecule has 0 bridgehead atoms. The van der Waals surface area contributed by atoms with Gasteiger partial charge < -0.3 is 4.90 Å². The van der Waals surface area contributed by atoms with Crippen LogP contribution < -0.4 is 0 Å². The minimum absolute atomic E-state index is 0.0338. The van der Waals surface area contributed by atoms with Crippen molar-refractivity contribution in [2.45, 2.75) is 31.3 Å². The lowest BCUT2D eigenvalue weighted by Crippen LogP contribution is -2.59. The third-order valence-electron chi connectivity index (χ3n) is 5.87. The largest absolute Gasteiger partial charge is 0.336 e. The predicted octanol–water partition coefficient (Wildman–Crippen LogP) is 0.731. The molecule has 2 aliphatic heterocycles. The van der Waals surface area contributed by atoms with E-state index < -0.39 is 9.84 Å². The van der Waals surface area contributed by atoms with Crippen LogP contribution >= 0.6 is 0 Å². The van der Waals surface area contributed by atoms with E-state index in [1.54, 1.807) is 0 Å². The Morgan fingerprint density at radius 2 is 1.71 bits per heavy atom. The van der Waals surface area contributed by atoms with Crippen LogP contribution in [-0.2, 0) is 27.5 Å². The molecule has 24 heavy (non-hydrogen) atoms. The van der Waals surface area contributed by atoms with Crippen molar-refractivity contribution < 1.29 is 13.2 Å². The minimum atomic E-state index is -3.03. The summed E-state index contributed by atoms with van der Waals surface area (Å²) in [6.45, 7) is 1.40. The summed E-state index contributed by atoms with van der Waals surface area (Å²) in [4.78, 5) is 16.8. The van der Waals surface area contributed by atoms with Crippen LogP contribution in [0.2, 0.25) is 0 Å². The molecule has 0 spiro atoms. The van der Waals surface area contributed by atoms with E-state index in [0.717, 1.165) is 19.4 Å². The predicted molar refractivity (Wildman–Crippen MR) is 92.5 cm³/mol. The summed E-state index contributed by atoms with van der Waals surface area (Å²) in [5.41, 5.74) is 2.71. The number of likely N-dealkylation sites (N-methyl/N-ethyl adjacent to an activating group) is 1. The number of rotatable bonds is 2. The number of amides is 1. The first-order chi connectivity index (χ1) is 11.4. The summed E-state index contributed by atoms with van der Waals surface area (Å²) in [6.07, 6.45) is 2.45. The molecule has 130 valence electrons. The van der Waals surface area contributed by atoms with Gasteiger partial charge in [-0.15, -0.1) is 0 Å². The average Bonchev–Trinajstić information content (AvgIpc) is 3.06. The number of carbonyl (C=O) groups is 1. The Morgan fingerprint density at radius 1 is 1.08 bits per heavy atom. The van der Waals surface area contributed by atoms with Crippen molar-refractivity contribution in [2.24, 2.45) is 5.92 Å². The third-order valence-corrected chi connectivity index (χ3v) is 7.57. The highest BCUT2D eigenvalue weighted by molar-refractivity contribution is 7.91. The number of benzene rings is 1. The number of nitrogens with zero attached hydrogens (tertiary/aromatic N) is 2. The van der Waals surface area contributed by atoms with Gasteiger partial charge in [0.1, 0.15) is 0 Å². The normalized spacial score (nSPS) is 29.5. The second-order valence-electron chi connectivity index (χ2n) is 7.53. The fraction of sp³-hybridized carbons (Fsp3) is 0.611. The molecule has 3 aliphatic rings. The molecule has 0 unspecified atom stereocenters. The zero-order chi connectivity index (χ0) is 16.9. The van der Waals surface area contributed by atoms with Gasteiger partial charge in [-0.25, -0.2) is 8.42 Å². The van der Waals surface area contributed by atoms with Crippen LogP contribution in [0.25, 0.3) is 0 Å². The number of hydrogen-bond acceptors (Lipinski definition) is 4. The van der Waals surface area contributed by atoms with Crippen molar-refractivity contribution >= 4 is 15.7 Å². The Morgan fingerprint density at radius 3 is 2.38 bits per heavy atom. The van der Waals surface area contributed by atoms with E-state index >= 15 is 0 Å². The standard InChI is InChI=1S/C18H24N2O3S/c1-19-6-7-20(17-12-24(22,23)11-16(17)19)18(21)10-13-8-14-4-2-3-5-15(14)9-13/h2-5,13,16-17H,6-12H2,1H3/t16-,17+/m1/s1. The van der Waals surface area contributed by atoms with E-state index in [9.17, 15) is 13.2 Å². The van der Waals surface area contributed by atoms with Gasteiger partial charge in [-0.3, -0.25) is 9.69 Å². The van der Waals surface area contributed by atoms with E-state index in [4.69, 9.17) is 0 Å². The van der Waals surface area contributed by atoms with Gasteiger partial charge in [0, 0.05) is 25.6 Å². The second kappa shape index (κ2) is 5.85. The van der Waals surface area contributed by atoms with Crippen LogP contribution in [-0.4, -0.2) is 67.9 Å². The maximum absolute atomic E-state index is 12.9. The highest BCUT2D eigenvalue weighted by Gasteiger charge is 2.47. The summed E-state index contributed by atoms with van der Waals surface area (Å²) in [6, 6.07) is 8.21. The van der Waals surface area contributed by atoms with Crippen LogP contribution in [0.15, 0.2) is 24.3 Å². The molecular formula is C18H24N2O3S. The average molecular weight is 348 g/mol. The molecule has 4 rings (SSSR count). The highest BCUT2D eigenvalue weighted by atomic mass is 32.2. The molecule has 2 saturated heterocycles. The van der Waals surface area contributed by atoms with Crippen LogP contribution in [0.1, 0.15) is 17.5 Å². The van der Waals surface area contributed by atoms with Crippen LogP contribution in [0.4, 0.5) is 0 Å². The lowest BCUT2D eigenvalue weighted by atomic mass is 9.99. The molecule has 1 aromatic rings. The Kier molecular flexibility index (Phi) is 3.92. The van der Waals surface area contributed by atoms with Gasteiger partial charge in [0.25, 0.3) is 0 Å². The summed E-state index contributed by atoms with van der Waals surface area (Å²) in [7, 11) is -1.07. The molecule has 0 aromatic heterocycles. The van der Waals surface area contributed by atoms with Gasteiger partial charge in [0.2, 0.25) is 5.91 Å². The molecule has 1 aliphatic carbocycles. The zero-order valence-electron chi connectivity index (χ0n) is 14.0. The molecule has 2 atom stereocenters. The molecule has 0 N–H and O–H groups in total. The zero-order valence-corrected chi connectivity index (χ0v) is 14.8. The van der Waals surface area contributed by atoms with E-state index in [-0.39, 0.29) is 29.5 Å². The fourth-order valence-corrected chi connectivity index (χ4v) is 6.65. The molecule has 5 nitrogen and oxygen atoms in total. The summed E-state index contributed by atoms with van der Waals surface area (Å²) in [5, 5.41) is 0. The maximum atomic E-state index is 12.9. The first-order valence-electron chi connectivity index (χ1n) is 8.70. The van der Waals surface area contributed by atoms with Gasteiger partial charge in [0.05, 0.1) is 17.5 Å². The molecular weight excluding hydrogens is 324 g/mol. The lowest BCUT2D eigenvalue weighted by molar-refractivity contribution is -0.137. The molecule has 6 heteroatoms. The van der Waals surface area contributed by atoms with E-state index in [0.29, 0.717) is 18.9 Å². The topological polar surface area (TPSA) is 57.7 Å². The second-order valence-corrected chi connectivity index (χ2v) is 9.68. The first kappa shape index (κ1) is 16.1. The van der Waals surface area contributed by atoms with Gasteiger partial charge in [-0.05, 0) is 36.9 Å². The Balaban J connectivity index is 1.45. The van der Waals surface area contributed by atoms with Crippen molar-refractivity contribution in [1.82, 2.24) is 9.80 Å². The number of sulfone groups is 1. The molecule has 1 amide bonds. The van der Waals surface area contributed by atoms with Gasteiger partial charge in [-0.1, -0.05) is 24.3 Å². The molecule has 0 radical (unpaired) electrons. The molecule has 2 fully saturated rings. The Labute approximate surface area is 143 Å². The van der Waals surface area contributed by atoms with Gasteiger partial charge in [-0.2, -0.15) is 0 Å². The van der Waals surface area contributed by atoms with E-state index in [1.165, 1.54) is 11.1 Å². The number of carbonyl (C=O) groups excluding carboxylic acids is 1. The SMILES string of the molecule is CN1CCN(C(=O)CC2Cc3ccccc3C2)[C@H]2CS(=O)(=O)C[C@H]21. The number of hydrogen-bond donors (Lipinski definition) is 0. The molecule has 0 saturated carbocycles. The highest BCUT2D eigenvalue weighted by Crippen LogP contribution is 2.31. The monoisotopic (exact) mass is 348 g/mol. The Bertz CT molecular complexity index is 736. The summed E-state index contributed by atoms with van der Waals surface area (Å²) in [5.74, 6) is 0.796. The maximum Gasteiger partial charge on any atom is 0.223 e. The van der Waals surface area contributed by atoms with Crippen molar-refractivity contribution in [1.29, 1.82) is 0 Å².